The van der Waals surface area contributed by atoms with Gasteiger partial charge in [-0.25, -0.2) is 0 Å². The minimum absolute atomic E-state index is 0.0319. The summed E-state index contributed by atoms with van der Waals surface area (Å²) in [5.41, 5.74) is -1.12. The smallest absolute Gasteiger partial charge is 0.306 e. The number of carbonyl (C=O) groups excluding carboxylic acids is 3. The number of allylic oxidation sites excluding steroid dienone is 1. The number of aliphatic hydroxyl groups excluding tert-OH is 2. The van der Waals surface area contributed by atoms with E-state index in [1.54, 1.807) is 0 Å². The summed E-state index contributed by atoms with van der Waals surface area (Å²) in [6.07, 6.45) is 7.44. The van der Waals surface area contributed by atoms with Crippen molar-refractivity contribution >= 4 is 17.5 Å². The molecule has 0 spiro atoms. The first-order valence-electron chi connectivity index (χ1n) is 12.4. The van der Waals surface area contributed by atoms with Crippen LogP contribution in [0.1, 0.15) is 85.0 Å². The Hall–Kier alpha value is -1.53. The molecule has 4 rings (SSSR count). The zero-order chi connectivity index (χ0) is 23.3. The highest BCUT2D eigenvalue weighted by atomic mass is 16.6. The number of ether oxygens (including phenoxy) is 1. The number of hydrogen-bond donors (Lipinski definition) is 2. The van der Waals surface area contributed by atoms with E-state index in [-0.39, 0.29) is 35.4 Å². The van der Waals surface area contributed by atoms with Crippen LogP contribution in [0.5, 0.6) is 0 Å². The summed E-state index contributed by atoms with van der Waals surface area (Å²) in [6, 6.07) is 0. The van der Waals surface area contributed by atoms with Crippen molar-refractivity contribution in [2.45, 2.75) is 96.7 Å². The lowest BCUT2D eigenvalue weighted by atomic mass is 9.45. The van der Waals surface area contributed by atoms with Crippen molar-refractivity contribution in [3.05, 3.63) is 11.6 Å². The third-order valence-corrected chi connectivity index (χ3v) is 9.63. The molecule has 3 fully saturated rings. The molecule has 0 saturated heterocycles. The lowest BCUT2D eigenvalue weighted by molar-refractivity contribution is -0.202. The average Bonchev–Trinajstić information content (AvgIpc) is 3.04. The predicted molar refractivity (Wildman–Crippen MR) is 119 cm³/mol. The maximum atomic E-state index is 13.1. The Labute approximate surface area is 190 Å². The van der Waals surface area contributed by atoms with Crippen LogP contribution in [0.2, 0.25) is 0 Å². The minimum atomic E-state index is -1.37. The van der Waals surface area contributed by atoms with Crippen molar-refractivity contribution in [3.63, 3.8) is 0 Å². The van der Waals surface area contributed by atoms with Crippen molar-refractivity contribution in [3.8, 4) is 0 Å². The molecule has 0 amide bonds. The van der Waals surface area contributed by atoms with Crippen LogP contribution in [-0.2, 0) is 19.1 Å². The van der Waals surface area contributed by atoms with Crippen LogP contribution < -0.4 is 0 Å². The molecule has 6 nitrogen and oxygen atoms in total. The maximum absolute atomic E-state index is 13.1. The molecule has 4 aliphatic rings. The lowest BCUT2D eigenvalue weighted by Gasteiger charge is -2.60. The van der Waals surface area contributed by atoms with E-state index in [9.17, 15) is 24.6 Å². The van der Waals surface area contributed by atoms with Gasteiger partial charge in [0.15, 0.2) is 11.4 Å². The zero-order valence-electron chi connectivity index (χ0n) is 19.7. The lowest BCUT2D eigenvalue weighted by Crippen LogP contribution is -2.63. The van der Waals surface area contributed by atoms with Crippen LogP contribution in [0, 0.1) is 28.6 Å². The summed E-state index contributed by atoms with van der Waals surface area (Å²) in [5.74, 6) is -0.297. The van der Waals surface area contributed by atoms with E-state index < -0.39 is 35.5 Å². The summed E-state index contributed by atoms with van der Waals surface area (Å²) in [6.45, 7) is 5.51. The number of unbranched alkanes of at least 4 members (excludes halogenated alkanes) is 1. The standard InChI is InChI=1S/C26H38O6/c1-4-5-6-22(31)32-26(21(30)15-27)12-10-19-18-8-7-16-13-17(28)9-11-24(16,2)23(18)20(29)14-25(19,26)3/h13,18-20,23,27,29H,4-12,14-15H2,1-3H3/t18-,19+,20-,23+,24-,25-,26-/m0/s1. The van der Waals surface area contributed by atoms with Gasteiger partial charge >= 0.3 is 5.97 Å². The fourth-order valence-corrected chi connectivity index (χ4v) is 8.05. The summed E-state index contributed by atoms with van der Waals surface area (Å²) in [5, 5.41) is 21.4. The molecular formula is C26H38O6. The Bertz CT molecular complexity index is 832. The number of carbonyl (C=O) groups is 3. The molecule has 0 bridgehead atoms. The highest BCUT2D eigenvalue weighted by Crippen LogP contribution is 2.68. The van der Waals surface area contributed by atoms with Crippen LogP contribution in [0.25, 0.3) is 0 Å². The second kappa shape index (κ2) is 8.35. The van der Waals surface area contributed by atoms with Crippen molar-refractivity contribution in [1.82, 2.24) is 0 Å². The Morgan fingerprint density at radius 2 is 1.94 bits per heavy atom. The van der Waals surface area contributed by atoms with E-state index in [2.05, 4.69) is 6.92 Å². The first-order valence-corrected chi connectivity index (χ1v) is 12.4. The SMILES string of the molecule is CCCCC(=O)O[C@]1(C(=O)CO)CC[C@@H]2[C@@H]3CCC4=CC(=O)CC[C@]4(C)[C@H]3[C@@H](O)C[C@@]21C. The van der Waals surface area contributed by atoms with Crippen LogP contribution in [-0.4, -0.2) is 46.1 Å². The fraction of sp³-hybridized carbons (Fsp3) is 0.808. The number of aliphatic hydroxyl groups is 2. The zero-order valence-corrected chi connectivity index (χ0v) is 19.7. The van der Waals surface area contributed by atoms with Gasteiger partial charge < -0.3 is 14.9 Å². The largest absolute Gasteiger partial charge is 0.450 e. The highest BCUT2D eigenvalue weighted by molar-refractivity contribution is 5.92. The molecule has 0 unspecified atom stereocenters. The normalized spacial score (nSPS) is 43.0. The van der Waals surface area contributed by atoms with E-state index in [0.29, 0.717) is 25.7 Å². The Balaban J connectivity index is 1.70. The summed E-state index contributed by atoms with van der Waals surface area (Å²) >= 11 is 0. The van der Waals surface area contributed by atoms with E-state index in [1.165, 1.54) is 5.57 Å². The first kappa shape index (κ1) is 23.6. The molecular weight excluding hydrogens is 408 g/mol. The molecule has 7 atom stereocenters. The van der Waals surface area contributed by atoms with Crippen LogP contribution in [0.4, 0.5) is 0 Å². The molecule has 0 heterocycles. The van der Waals surface area contributed by atoms with Gasteiger partial charge in [0.1, 0.15) is 6.61 Å². The monoisotopic (exact) mass is 446 g/mol. The van der Waals surface area contributed by atoms with Crippen LogP contribution >= 0.6 is 0 Å². The van der Waals surface area contributed by atoms with Crippen molar-refractivity contribution < 1.29 is 29.3 Å². The first-order chi connectivity index (χ1) is 15.1. The molecule has 2 N–H and O–H groups in total. The molecule has 0 aliphatic heterocycles. The molecule has 0 aromatic heterocycles. The summed E-state index contributed by atoms with van der Waals surface area (Å²) in [7, 11) is 0. The van der Waals surface area contributed by atoms with Crippen molar-refractivity contribution in [2.24, 2.45) is 28.6 Å². The van der Waals surface area contributed by atoms with Gasteiger partial charge in [-0.3, -0.25) is 14.4 Å². The van der Waals surface area contributed by atoms with Gasteiger partial charge in [-0.1, -0.05) is 32.8 Å². The molecule has 3 saturated carbocycles. The molecule has 0 aromatic carbocycles. The maximum Gasteiger partial charge on any atom is 0.306 e. The van der Waals surface area contributed by atoms with Gasteiger partial charge in [0.05, 0.1) is 6.10 Å². The average molecular weight is 447 g/mol. The Kier molecular flexibility index (Phi) is 6.17. The number of ketones is 2. The molecule has 0 radical (unpaired) electrons. The Morgan fingerprint density at radius 1 is 1.19 bits per heavy atom. The Morgan fingerprint density at radius 3 is 2.62 bits per heavy atom. The molecule has 32 heavy (non-hydrogen) atoms. The number of hydrogen-bond acceptors (Lipinski definition) is 6. The molecule has 4 aliphatic carbocycles. The number of fused-ring (bicyclic) bond motifs is 5. The van der Waals surface area contributed by atoms with Crippen LogP contribution in [0.3, 0.4) is 0 Å². The van der Waals surface area contributed by atoms with E-state index in [4.69, 9.17) is 4.74 Å². The quantitative estimate of drug-likeness (QED) is 0.606. The number of esters is 1. The van der Waals surface area contributed by atoms with Gasteiger partial charge in [-0.2, -0.15) is 0 Å². The third-order valence-electron chi connectivity index (χ3n) is 9.63. The second-order valence-electron chi connectivity index (χ2n) is 11.1. The van der Waals surface area contributed by atoms with Gasteiger partial charge in [-0.05, 0) is 74.2 Å². The molecule has 6 heteroatoms. The highest BCUT2D eigenvalue weighted by Gasteiger charge is 2.70. The summed E-state index contributed by atoms with van der Waals surface area (Å²) in [4.78, 5) is 37.9. The van der Waals surface area contributed by atoms with E-state index in [0.717, 1.165) is 32.1 Å². The van der Waals surface area contributed by atoms with Gasteiger partial charge in [0.2, 0.25) is 5.78 Å². The minimum Gasteiger partial charge on any atom is -0.450 e. The topological polar surface area (TPSA) is 101 Å². The van der Waals surface area contributed by atoms with Gasteiger partial charge in [0.25, 0.3) is 0 Å². The van der Waals surface area contributed by atoms with Crippen molar-refractivity contribution in [2.75, 3.05) is 6.61 Å². The molecule has 0 aromatic rings. The van der Waals surface area contributed by atoms with Crippen LogP contribution in [0.15, 0.2) is 11.6 Å². The number of Topliss-reactive ketones (excluding diaryl/α,β-unsaturated/α-hetero) is 1. The van der Waals surface area contributed by atoms with Gasteiger partial charge in [-0.15, -0.1) is 0 Å². The van der Waals surface area contributed by atoms with E-state index >= 15 is 0 Å². The van der Waals surface area contributed by atoms with Gasteiger partial charge in [0, 0.05) is 18.3 Å². The third kappa shape index (κ3) is 3.32. The van der Waals surface area contributed by atoms with E-state index in [1.807, 2.05) is 19.9 Å². The number of rotatable bonds is 6. The summed E-state index contributed by atoms with van der Waals surface area (Å²) < 4.78 is 5.98. The predicted octanol–water partition coefficient (Wildman–Crippen LogP) is 3.52. The fourth-order valence-electron chi connectivity index (χ4n) is 8.05. The molecule has 178 valence electrons. The second-order valence-corrected chi connectivity index (χ2v) is 11.1. The van der Waals surface area contributed by atoms with Crippen molar-refractivity contribution in [1.29, 1.82) is 0 Å².